The fourth-order valence-corrected chi connectivity index (χ4v) is 0.760. The van der Waals surface area contributed by atoms with Crippen LogP contribution in [0.2, 0.25) is 0 Å². The molecule has 2 N–H and O–H groups in total. The summed E-state index contributed by atoms with van der Waals surface area (Å²) < 4.78 is 0. The molecule has 0 aliphatic rings. The summed E-state index contributed by atoms with van der Waals surface area (Å²) in [5.41, 5.74) is 7.77. The van der Waals surface area contributed by atoms with Crippen molar-refractivity contribution in [3.8, 4) is 0 Å². The maximum Gasteiger partial charge on any atom is 0.0299 e. The normalized spacial score (nSPS) is 9.67. The molecular weight excluding hydrogens is 182 g/mol. The van der Waals surface area contributed by atoms with Crippen molar-refractivity contribution in [1.29, 1.82) is 0 Å². The van der Waals surface area contributed by atoms with E-state index in [2.05, 4.69) is 13.0 Å². The summed E-state index contributed by atoms with van der Waals surface area (Å²) in [6, 6.07) is 0. The van der Waals surface area contributed by atoms with Crippen LogP contribution in [0.3, 0.4) is 0 Å². The predicted molar refractivity (Wildman–Crippen MR) is 76.0 cm³/mol. The summed E-state index contributed by atoms with van der Waals surface area (Å²) in [5, 5.41) is 0. The molecule has 0 aliphatic carbocycles. The zero-order valence-corrected chi connectivity index (χ0v) is 12.4. The monoisotopic (exact) mass is 215 g/mol. The molecule has 0 aromatic heterocycles. The van der Waals surface area contributed by atoms with Crippen LogP contribution in [0, 0.1) is 0 Å². The number of nitrogens with two attached hydrogens (primary N) is 1. The van der Waals surface area contributed by atoms with Crippen molar-refractivity contribution in [2.24, 2.45) is 5.73 Å². The molecule has 94 valence electrons. The number of rotatable bonds is 2. The molecule has 0 radical (unpaired) electrons. The van der Waals surface area contributed by atoms with Crippen LogP contribution in [0.25, 0.3) is 0 Å². The summed E-state index contributed by atoms with van der Waals surface area (Å²) in [6.07, 6.45) is 5.00. The highest BCUT2D eigenvalue weighted by Crippen LogP contribution is 2.06. The molecule has 15 heavy (non-hydrogen) atoms. The van der Waals surface area contributed by atoms with Gasteiger partial charge >= 0.3 is 0 Å². The molecule has 0 aliphatic heterocycles. The van der Waals surface area contributed by atoms with Crippen molar-refractivity contribution in [3.63, 3.8) is 0 Å². The lowest BCUT2D eigenvalue weighted by Gasteiger charge is -2.01. The second-order valence-electron chi connectivity index (χ2n) is 1.91. The molecule has 0 spiro atoms. The van der Waals surface area contributed by atoms with Gasteiger partial charge in [-0.2, -0.15) is 0 Å². The van der Waals surface area contributed by atoms with Gasteiger partial charge in [-0.05, 0) is 25.8 Å². The first-order chi connectivity index (χ1) is 7.26. The van der Waals surface area contributed by atoms with Gasteiger partial charge in [-0.3, -0.25) is 0 Å². The Bertz CT molecular complexity index is 132. The van der Waals surface area contributed by atoms with Gasteiger partial charge in [0.15, 0.2) is 0 Å². The largest absolute Gasteiger partial charge is 0.399 e. The van der Waals surface area contributed by atoms with Gasteiger partial charge in [-0.1, -0.05) is 60.6 Å². The topological polar surface area (TPSA) is 26.0 Å². The van der Waals surface area contributed by atoms with E-state index in [1.54, 1.807) is 0 Å². The van der Waals surface area contributed by atoms with E-state index in [9.17, 15) is 0 Å². The summed E-state index contributed by atoms with van der Waals surface area (Å²) in [7, 11) is 0. The Balaban J connectivity index is -0.0000000860. The van der Waals surface area contributed by atoms with E-state index in [1.807, 2.05) is 61.5 Å². The second-order valence-corrected chi connectivity index (χ2v) is 1.91. The highest BCUT2D eigenvalue weighted by molar-refractivity contribution is 5.26. The standard InChI is InChI=1S/C8H15N.3C2H6/c1-4-7(5-2)8(9)6-3;3*1-2/h4,6H,5,9H2,1-3H3;3*1-2H3/b7-4-,8-6+;;;. The Kier molecular flexibility index (Phi) is 46.4. The predicted octanol–water partition coefficient (Wildman–Crippen LogP) is 5.28. The second kappa shape index (κ2) is 29.2. The van der Waals surface area contributed by atoms with Crippen LogP contribution in [-0.4, -0.2) is 0 Å². The SMILES string of the molecule is C/C=C(CC)\C(N)=C/C.CC.CC.CC. The highest BCUT2D eigenvalue weighted by atomic mass is 14.6. The molecule has 0 saturated carbocycles. The first-order valence-electron chi connectivity index (χ1n) is 6.33. The Morgan fingerprint density at radius 2 is 1.20 bits per heavy atom. The summed E-state index contributed by atoms with van der Waals surface area (Å²) in [4.78, 5) is 0. The fraction of sp³-hybridized carbons (Fsp3) is 0.714. The molecule has 0 saturated heterocycles. The lowest BCUT2D eigenvalue weighted by Crippen LogP contribution is -1.98. The number of hydrogen-bond donors (Lipinski definition) is 1. The Hall–Kier alpha value is -0.720. The molecule has 0 heterocycles. The molecular formula is C14H33N. The average Bonchev–Trinajstić information content (AvgIpc) is 2.37. The van der Waals surface area contributed by atoms with Crippen LogP contribution in [0.4, 0.5) is 0 Å². The molecule has 0 rings (SSSR count). The van der Waals surface area contributed by atoms with Crippen LogP contribution in [0.1, 0.15) is 68.7 Å². The van der Waals surface area contributed by atoms with Gasteiger partial charge in [0.05, 0.1) is 0 Å². The molecule has 0 atom stereocenters. The van der Waals surface area contributed by atoms with E-state index in [0.29, 0.717) is 0 Å². The Morgan fingerprint density at radius 3 is 1.27 bits per heavy atom. The molecule has 1 nitrogen and oxygen atoms in total. The summed E-state index contributed by atoms with van der Waals surface area (Å²) in [5.74, 6) is 0. The third-order valence-corrected chi connectivity index (χ3v) is 1.41. The zero-order valence-electron chi connectivity index (χ0n) is 12.4. The third-order valence-electron chi connectivity index (χ3n) is 1.41. The minimum Gasteiger partial charge on any atom is -0.399 e. The molecule has 0 bridgehead atoms. The number of allylic oxidation sites excluding steroid dienone is 3. The Labute approximate surface area is 98.5 Å². The van der Waals surface area contributed by atoms with Crippen molar-refractivity contribution in [3.05, 3.63) is 23.4 Å². The average molecular weight is 215 g/mol. The summed E-state index contributed by atoms with van der Waals surface area (Å²) >= 11 is 0. The van der Waals surface area contributed by atoms with Crippen LogP contribution in [0.15, 0.2) is 23.4 Å². The van der Waals surface area contributed by atoms with Gasteiger partial charge in [0, 0.05) is 5.70 Å². The van der Waals surface area contributed by atoms with Crippen LogP contribution in [-0.2, 0) is 0 Å². The van der Waals surface area contributed by atoms with Crippen molar-refractivity contribution < 1.29 is 0 Å². The maximum absolute atomic E-state index is 5.63. The van der Waals surface area contributed by atoms with Gasteiger partial charge < -0.3 is 5.73 Å². The molecule has 0 amide bonds. The van der Waals surface area contributed by atoms with Crippen LogP contribution < -0.4 is 5.73 Å². The third kappa shape index (κ3) is 19.6. The Morgan fingerprint density at radius 1 is 0.867 bits per heavy atom. The molecule has 0 fully saturated rings. The smallest absolute Gasteiger partial charge is 0.0299 e. The first kappa shape index (κ1) is 23.8. The lowest BCUT2D eigenvalue weighted by atomic mass is 10.1. The first-order valence-corrected chi connectivity index (χ1v) is 6.33. The van der Waals surface area contributed by atoms with E-state index >= 15 is 0 Å². The highest BCUT2D eigenvalue weighted by Gasteiger charge is 1.91. The van der Waals surface area contributed by atoms with Crippen molar-refractivity contribution in [2.75, 3.05) is 0 Å². The zero-order chi connectivity index (χ0) is 13.3. The van der Waals surface area contributed by atoms with Gasteiger partial charge in [-0.25, -0.2) is 0 Å². The molecule has 1 heteroatoms. The fourth-order valence-electron chi connectivity index (χ4n) is 0.760. The van der Waals surface area contributed by atoms with Gasteiger partial charge in [0.2, 0.25) is 0 Å². The van der Waals surface area contributed by atoms with E-state index < -0.39 is 0 Å². The van der Waals surface area contributed by atoms with Crippen molar-refractivity contribution >= 4 is 0 Å². The summed E-state index contributed by atoms with van der Waals surface area (Å²) in [6.45, 7) is 18.1. The molecule has 0 aromatic carbocycles. The lowest BCUT2D eigenvalue weighted by molar-refractivity contribution is 1.08. The maximum atomic E-state index is 5.63. The van der Waals surface area contributed by atoms with E-state index in [-0.39, 0.29) is 0 Å². The minimum atomic E-state index is 0.903. The van der Waals surface area contributed by atoms with Gasteiger partial charge in [0.25, 0.3) is 0 Å². The van der Waals surface area contributed by atoms with Crippen LogP contribution in [0.5, 0.6) is 0 Å². The molecule has 0 aromatic rings. The quantitative estimate of drug-likeness (QED) is 0.623. The van der Waals surface area contributed by atoms with Crippen molar-refractivity contribution in [2.45, 2.75) is 68.7 Å². The minimum absolute atomic E-state index is 0.903. The van der Waals surface area contributed by atoms with E-state index in [0.717, 1.165) is 12.1 Å². The van der Waals surface area contributed by atoms with Crippen molar-refractivity contribution in [1.82, 2.24) is 0 Å². The van der Waals surface area contributed by atoms with Gasteiger partial charge in [-0.15, -0.1) is 0 Å². The number of hydrogen-bond acceptors (Lipinski definition) is 1. The van der Waals surface area contributed by atoms with Gasteiger partial charge in [0.1, 0.15) is 0 Å². The van der Waals surface area contributed by atoms with E-state index in [1.165, 1.54) is 5.57 Å². The molecule has 0 unspecified atom stereocenters. The van der Waals surface area contributed by atoms with E-state index in [4.69, 9.17) is 5.73 Å². The van der Waals surface area contributed by atoms with Crippen LogP contribution >= 0.6 is 0 Å².